The van der Waals surface area contributed by atoms with E-state index < -0.39 is 12.1 Å². The number of aryl methyl sites for hydroxylation is 1. The second kappa shape index (κ2) is 13.9. The predicted molar refractivity (Wildman–Crippen MR) is 143 cm³/mol. The third-order valence-corrected chi connectivity index (χ3v) is 6.33. The van der Waals surface area contributed by atoms with Crippen LogP contribution in [0.2, 0.25) is 10.0 Å². The van der Waals surface area contributed by atoms with Gasteiger partial charge < -0.3 is 19.0 Å². The molecule has 0 amide bonds. The molecule has 12 heteroatoms. The van der Waals surface area contributed by atoms with Gasteiger partial charge in [-0.05, 0) is 64.4 Å². The average Bonchev–Trinajstić information content (AvgIpc) is 3.08. The van der Waals surface area contributed by atoms with Gasteiger partial charge in [-0.2, -0.15) is 13.2 Å². The lowest BCUT2D eigenvalue weighted by atomic mass is 10.2. The third-order valence-electron chi connectivity index (χ3n) is 5.80. The second-order valence-electron chi connectivity index (χ2n) is 9.12. The van der Waals surface area contributed by atoms with E-state index in [-0.39, 0.29) is 0 Å². The molecule has 0 spiro atoms. The summed E-state index contributed by atoms with van der Waals surface area (Å²) in [5.74, 6) is -2.13. The van der Waals surface area contributed by atoms with Crippen LogP contribution in [0.15, 0.2) is 42.5 Å². The van der Waals surface area contributed by atoms with Crippen LogP contribution < -0.4 is 10.4 Å². The molecule has 38 heavy (non-hydrogen) atoms. The molecule has 3 rings (SSSR count). The molecule has 0 unspecified atom stereocenters. The van der Waals surface area contributed by atoms with Crippen LogP contribution >= 0.6 is 23.2 Å². The molecule has 0 saturated carbocycles. The number of fused-ring (bicyclic) bond motifs is 1. The lowest BCUT2D eigenvalue weighted by Crippen LogP contribution is -2.40. The van der Waals surface area contributed by atoms with Crippen LogP contribution in [0, 0.1) is 5.41 Å². The van der Waals surface area contributed by atoms with Gasteiger partial charge in [-0.15, -0.1) is 0 Å². The summed E-state index contributed by atoms with van der Waals surface area (Å²) in [6, 6.07) is 14.4. The summed E-state index contributed by atoms with van der Waals surface area (Å²) in [5.41, 5.74) is 2.71. The molecule has 0 aliphatic heterocycles. The Labute approximate surface area is 229 Å². The number of carboxylic acid groups (broad SMARTS) is 1. The van der Waals surface area contributed by atoms with E-state index in [2.05, 4.69) is 53.9 Å². The van der Waals surface area contributed by atoms with Crippen LogP contribution in [-0.4, -0.2) is 56.5 Å². The van der Waals surface area contributed by atoms with Crippen molar-refractivity contribution >= 4 is 40.2 Å². The fraction of sp³-hybridized carbons (Fsp3) is 0.462. The highest BCUT2D eigenvalue weighted by Gasteiger charge is 2.38. The van der Waals surface area contributed by atoms with Crippen molar-refractivity contribution in [2.75, 3.05) is 13.2 Å². The van der Waals surface area contributed by atoms with Gasteiger partial charge in [0.05, 0.1) is 22.7 Å². The highest BCUT2D eigenvalue weighted by molar-refractivity contribution is 6.35. The number of para-hydroxylation sites is 2. The summed E-state index contributed by atoms with van der Waals surface area (Å²) in [6.07, 6.45) is -4.31. The number of carboxylic acids is 1. The fourth-order valence-electron chi connectivity index (χ4n) is 4.07. The van der Waals surface area contributed by atoms with Crippen LogP contribution in [-0.2, 0) is 17.9 Å². The van der Waals surface area contributed by atoms with Crippen molar-refractivity contribution < 1.29 is 27.8 Å². The summed E-state index contributed by atoms with van der Waals surface area (Å²) in [5, 5.41) is 17.0. The Morgan fingerprint density at radius 2 is 1.55 bits per heavy atom. The van der Waals surface area contributed by atoms with Gasteiger partial charge in [0.15, 0.2) is 0 Å². The summed E-state index contributed by atoms with van der Waals surface area (Å²) in [4.78, 5) is 11.4. The molecule has 2 N–H and O–H groups in total. The fourth-order valence-corrected chi connectivity index (χ4v) is 4.54. The van der Waals surface area contributed by atoms with Crippen molar-refractivity contribution in [1.29, 1.82) is 5.41 Å². The van der Waals surface area contributed by atoms with Gasteiger partial charge in [-0.25, -0.2) is 4.79 Å². The molecule has 0 bridgehead atoms. The number of hydrogen-bond donors (Lipinski definition) is 2. The molecule has 1 aromatic heterocycles. The number of aliphatic carboxylic acids is 1. The second-order valence-corrected chi connectivity index (χ2v) is 9.96. The van der Waals surface area contributed by atoms with E-state index >= 15 is 0 Å². The van der Waals surface area contributed by atoms with Crippen LogP contribution in [0.1, 0.15) is 34.1 Å². The molecule has 3 aromatic rings. The van der Waals surface area contributed by atoms with Crippen LogP contribution in [0.5, 0.6) is 5.75 Å². The van der Waals surface area contributed by atoms with Crippen molar-refractivity contribution in [2.45, 2.75) is 65.5 Å². The molecule has 0 fully saturated rings. The SMILES string of the molecule is CC(C)N(CCn1c(=N)n(CCCOc2ccc(Cl)cc2Cl)c2ccccc21)C(C)C.O=C(O)C(F)(F)F. The number of nitrogens with zero attached hydrogens (tertiary/aromatic N) is 3. The van der Waals surface area contributed by atoms with Crippen molar-refractivity contribution in [2.24, 2.45) is 0 Å². The van der Waals surface area contributed by atoms with E-state index in [4.69, 9.17) is 43.2 Å². The summed E-state index contributed by atoms with van der Waals surface area (Å²) in [6.45, 7) is 11.8. The van der Waals surface area contributed by atoms with Gasteiger partial charge in [0, 0.05) is 36.7 Å². The highest BCUT2D eigenvalue weighted by Crippen LogP contribution is 2.27. The first-order chi connectivity index (χ1) is 17.7. The minimum Gasteiger partial charge on any atom is -0.492 e. The largest absolute Gasteiger partial charge is 0.492 e. The van der Waals surface area contributed by atoms with E-state index in [0.717, 1.165) is 30.5 Å². The number of rotatable bonds is 10. The zero-order chi connectivity index (χ0) is 28.6. The van der Waals surface area contributed by atoms with Gasteiger partial charge in [-0.1, -0.05) is 35.3 Å². The minimum atomic E-state index is -5.08. The Bertz CT molecular complexity index is 1260. The average molecular weight is 577 g/mol. The van der Waals surface area contributed by atoms with Crippen molar-refractivity contribution in [3.8, 4) is 5.75 Å². The number of ether oxygens (including phenoxy) is 1. The topological polar surface area (TPSA) is 83.5 Å². The zero-order valence-corrected chi connectivity index (χ0v) is 23.2. The predicted octanol–water partition coefficient (Wildman–Crippen LogP) is 6.45. The van der Waals surface area contributed by atoms with E-state index in [0.29, 0.717) is 46.6 Å². The third kappa shape index (κ3) is 8.68. The number of imidazole rings is 1. The highest BCUT2D eigenvalue weighted by atomic mass is 35.5. The van der Waals surface area contributed by atoms with E-state index in [1.807, 2.05) is 12.1 Å². The summed E-state index contributed by atoms with van der Waals surface area (Å²) >= 11 is 12.1. The molecule has 210 valence electrons. The smallest absolute Gasteiger partial charge is 0.490 e. The Hall–Kier alpha value is -2.69. The molecule has 7 nitrogen and oxygen atoms in total. The first kappa shape index (κ1) is 31.5. The number of benzene rings is 2. The van der Waals surface area contributed by atoms with Crippen molar-refractivity contribution in [3.05, 3.63) is 58.1 Å². The standard InChI is InChI=1S/C24H32Cl2N4O.C2HF3O2/c1-17(2)28(18(3)4)13-14-30-22-9-6-5-8-21(22)29(24(30)27)12-7-15-31-23-11-10-19(25)16-20(23)26;3-2(4,5)1(6)7/h5-6,8-11,16-18,27H,7,12-15H2,1-4H3;(H,6,7). The maximum absolute atomic E-state index is 10.6. The number of nitrogens with one attached hydrogen (secondary N) is 1. The molecule has 0 aliphatic rings. The molecule has 0 radical (unpaired) electrons. The zero-order valence-electron chi connectivity index (χ0n) is 21.7. The molecule has 0 atom stereocenters. The molecule has 2 aromatic carbocycles. The summed E-state index contributed by atoms with van der Waals surface area (Å²) < 4.78 is 41.7. The monoisotopic (exact) mass is 576 g/mol. The first-order valence-electron chi connectivity index (χ1n) is 12.1. The Morgan fingerprint density at radius 1 is 1.03 bits per heavy atom. The number of alkyl halides is 3. The van der Waals surface area contributed by atoms with E-state index in [9.17, 15) is 13.2 Å². The number of aromatic nitrogens is 2. The maximum atomic E-state index is 10.6. The lowest BCUT2D eigenvalue weighted by Gasteiger charge is -2.30. The van der Waals surface area contributed by atoms with Crippen LogP contribution in [0.3, 0.4) is 0 Å². The first-order valence-corrected chi connectivity index (χ1v) is 12.9. The van der Waals surface area contributed by atoms with E-state index in [1.54, 1.807) is 18.2 Å². The lowest BCUT2D eigenvalue weighted by molar-refractivity contribution is -0.192. The number of halogens is 5. The molecular formula is C26H33Cl2F3N4O3. The van der Waals surface area contributed by atoms with Gasteiger partial charge >= 0.3 is 12.1 Å². The van der Waals surface area contributed by atoms with Gasteiger partial charge in [0.1, 0.15) is 5.75 Å². The van der Waals surface area contributed by atoms with Crippen molar-refractivity contribution in [3.63, 3.8) is 0 Å². The van der Waals surface area contributed by atoms with Gasteiger partial charge in [0.2, 0.25) is 5.62 Å². The van der Waals surface area contributed by atoms with Crippen LogP contribution in [0.4, 0.5) is 13.2 Å². The number of carbonyl (C=O) groups is 1. The Morgan fingerprint density at radius 3 is 2.03 bits per heavy atom. The molecular weight excluding hydrogens is 544 g/mol. The van der Waals surface area contributed by atoms with Gasteiger partial charge in [-0.3, -0.25) is 10.3 Å². The quantitative estimate of drug-likeness (QED) is 0.272. The summed E-state index contributed by atoms with van der Waals surface area (Å²) in [7, 11) is 0. The normalized spacial score (nSPS) is 11.8. The Kier molecular flexibility index (Phi) is 11.5. The Balaban J connectivity index is 0.000000638. The van der Waals surface area contributed by atoms with Crippen LogP contribution in [0.25, 0.3) is 11.0 Å². The van der Waals surface area contributed by atoms with Crippen molar-refractivity contribution in [1.82, 2.24) is 14.0 Å². The molecule has 1 heterocycles. The maximum Gasteiger partial charge on any atom is 0.490 e. The molecule has 0 saturated heterocycles. The minimum absolute atomic E-state index is 0.472. The van der Waals surface area contributed by atoms with Gasteiger partial charge in [0.25, 0.3) is 0 Å². The van der Waals surface area contributed by atoms with E-state index in [1.165, 1.54) is 0 Å². The number of hydrogen-bond acceptors (Lipinski definition) is 4. The molecule has 0 aliphatic carbocycles.